The van der Waals surface area contributed by atoms with Crippen molar-refractivity contribution in [2.75, 3.05) is 0 Å². The number of fused-ring (bicyclic) bond motifs is 1. The Balaban J connectivity index is 1.87. The van der Waals surface area contributed by atoms with Gasteiger partial charge in [-0.2, -0.15) is 0 Å². The molecule has 0 amide bonds. The van der Waals surface area contributed by atoms with Crippen molar-refractivity contribution in [3.8, 4) is 11.1 Å². The standard InChI is InChI=1S/C18H14ClF2N5/c1-18(9-26-3-2-24-17(26)16(22)25-18)13-5-12(14(20)6-15(13)21)10-4-11(19)8-23-7-10/h2-8H,9H2,1H3,(H2,22,25)/t18-/m0/s1. The third-order valence-corrected chi connectivity index (χ3v) is 4.65. The minimum absolute atomic E-state index is 0.197. The highest BCUT2D eigenvalue weighted by Crippen LogP contribution is 2.36. The molecule has 1 aliphatic rings. The molecule has 0 unspecified atom stereocenters. The molecule has 4 rings (SSSR count). The smallest absolute Gasteiger partial charge is 0.175 e. The topological polar surface area (TPSA) is 69.1 Å². The summed E-state index contributed by atoms with van der Waals surface area (Å²) in [6, 6.07) is 3.87. The molecule has 1 aliphatic heterocycles. The van der Waals surface area contributed by atoms with Crippen molar-refractivity contribution in [1.29, 1.82) is 0 Å². The van der Waals surface area contributed by atoms with Gasteiger partial charge in [-0.1, -0.05) is 11.6 Å². The maximum Gasteiger partial charge on any atom is 0.175 e. The average Bonchev–Trinajstić information content (AvgIpc) is 3.03. The van der Waals surface area contributed by atoms with Crippen LogP contribution in [0.2, 0.25) is 5.02 Å². The van der Waals surface area contributed by atoms with Gasteiger partial charge in [0.05, 0.1) is 11.6 Å². The zero-order chi connectivity index (χ0) is 18.5. The average molecular weight is 374 g/mol. The Morgan fingerprint density at radius 1 is 1.19 bits per heavy atom. The summed E-state index contributed by atoms with van der Waals surface area (Å²) in [6.45, 7) is 2.08. The first-order chi connectivity index (χ1) is 12.4. The predicted octanol–water partition coefficient (Wildman–Crippen LogP) is 3.51. The molecule has 0 saturated heterocycles. The van der Waals surface area contributed by atoms with Gasteiger partial charge in [-0.25, -0.2) is 13.8 Å². The summed E-state index contributed by atoms with van der Waals surface area (Å²) in [5.41, 5.74) is 5.88. The van der Waals surface area contributed by atoms with Crippen molar-refractivity contribution < 1.29 is 8.78 Å². The fraction of sp³-hybridized carbons (Fsp3) is 0.167. The predicted molar refractivity (Wildman–Crippen MR) is 94.9 cm³/mol. The minimum atomic E-state index is -1.00. The number of nitrogens with zero attached hydrogens (tertiary/aromatic N) is 4. The maximum absolute atomic E-state index is 14.7. The summed E-state index contributed by atoms with van der Waals surface area (Å²) in [4.78, 5) is 12.6. The van der Waals surface area contributed by atoms with Crippen molar-refractivity contribution in [2.24, 2.45) is 10.7 Å². The lowest BCUT2D eigenvalue weighted by Gasteiger charge is -2.31. The van der Waals surface area contributed by atoms with E-state index in [2.05, 4.69) is 15.0 Å². The highest BCUT2D eigenvalue weighted by Gasteiger charge is 2.35. The monoisotopic (exact) mass is 373 g/mol. The lowest BCUT2D eigenvalue weighted by molar-refractivity contribution is 0.382. The molecule has 0 bridgehead atoms. The fourth-order valence-corrected chi connectivity index (χ4v) is 3.41. The summed E-state index contributed by atoms with van der Waals surface area (Å²) in [5, 5.41) is 0.363. The Morgan fingerprint density at radius 3 is 2.77 bits per heavy atom. The van der Waals surface area contributed by atoms with Crippen LogP contribution in [0.3, 0.4) is 0 Å². The number of pyridine rings is 1. The second-order valence-corrected chi connectivity index (χ2v) is 6.79. The molecule has 1 atom stereocenters. The van der Waals surface area contributed by atoms with Gasteiger partial charge in [-0.3, -0.25) is 9.98 Å². The van der Waals surface area contributed by atoms with Crippen molar-refractivity contribution in [1.82, 2.24) is 14.5 Å². The Kier molecular flexibility index (Phi) is 3.77. The molecule has 1 aromatic carbocycles. The number of nitrogens with two attached hydrogens (primary N) is 1. The molecule has 8 heteroatoms. The van der Waals surface area contributed by atoms with Gasteiger partial charge in [0.15, 0.2) is 11.7 Å². The Hall–Kier alpha value is -2.80. The zero-order valence-corrected chi connectivity index (χ0v) is 14.5. The normalized spacial score (nSPS) is 19.2. The molecule has 0 fully saturated rings. The summed E-state index contributed by atoms with van der Waals surface area (Å²) in [7, 11) is 0. The number of hydrogen-bond donors (Lipinski definition) is 1. The second-order valence-electron chi connectivity index (χ2n) is 6.35. The van der Waals surface area contributed by atoms with Gasteiger partial charge in [-0.15, -0.1) is 0 Å². The Labute approximate surface area is 153 Å². The minimum Gasteiger partial charge on any atom is -0.381 e. The van der Waals surface area contributed by atoms with Crippen LogP contribution >= 0.6 is 11.6 Å². The first-order valence-corrected chi connectivity index (χ1v) is 8.22. The zero-order valence-electron chi connectivity index (χ0n) is 13.7. The van der Waals surface area contributed by atoms with Gasteiger partial charge in [0.1, 0.15) is 17.2 Å². The SMILES string of the molecule is C[C@@]1(c2cc(-c3cncc(Cl)c3)c(F)cc2F)Cn2ccnc2C(N)=N1. The highest BCUT2D eigenvalue weighted by molar-refractivity contribution is 6.30. The summed E-state index contributed by atoms with van der Waals surface area (Å²) in [6.07, 6.45) is 6.27. The Bertz CT molecular complexity index is 1050. The third-order valence-electron chi connectivity index (χ3n) is 4.44. The molecule has 0 spiro atoms. The fourth-order valence-electron chi connectivity index (χ4n) is 3.24. The van der Waals surface area contributed by atoms with Crippen molar-refractivity contribution in [2.45, 2.75) is 19.0 Å². The van der Waals surface area contributed by atoms with Crippen molar-refractivity contribution in [3.63, 3.8) is 0 Å². The summed E-state index contributed by atoms with van der Waals surface area (Å²) < 4.78 is 30.9. The van der Waals surface area contributed by atoms with E-state index in [4.69, 9.17) is 17.3 Å². The quantitative estimate of drug-likeness (QED) is 0.747. The number of aliphatic imine (C=N–C) groups is 1. The Morgan fingerprint density at radius 2 is 2.00 bits per heavy atom. The van der Waals surface area contributed by atoms with E-state index in [1.54, 1.807) is 30.0 Å². The van der Waals surface area contributed by atoms with Crippen LogP contribution in [0.15, 0.2) is 48.0 Å². The molecule has 0 aliphatic carbocycles. The summed E-state index contributed by atoms with van der Waals surface area (Å²) >= 11 is 5.95. The van der Waals surface area contributed by atoms with E-state index in [-0.39, 0.29) is 17.0 Å². The summed E-state index contributed by atoms with van der Waals surface area (Å²) in [5.74, 6) is -0.651. The number of rotatable bonds is 2. The van der Waals surface area contributed by atoms with Gasteiger partial charge in [0.2, 0.25) is 0 Å². The van der Waals surface area contributed by atoms with E-state index in [0.29, 0.717) is 23.0 Å². The van der Waals surface area contributed by atoms with Crippen LogP contribution in [0, 0.1) is 11.6 Å². The maximum atomic E-state index is 14.7. The molecular formula is C18H14ClF2N5. The molecule has 2 aromatic heterocycles. The van der Waals surface area contributed by atoms with Crippen LogP contribution in [-0.2, 0) is 12.1 Å². The van der Waals surface area contributed by atoms with Crippen LogP contribution < -0.4 is 5.73 Å². The second kappa shape index (κ2) is 5.88. The number of amidine groups is 1. The molecule has 0 saturated carbocycles. The molecule has 132 valence electrons. The lowest BCUT2D eigenvalue weighted by Crippen LogP contribution is -2.37. The largest absolute Gasteiger partial charge is 0.381 e. The number of aromatic nitrogens is 3. The molecular weight excluding hydrogens is 360 g/mol. The van der Waals surface area contributed by atoms with Crippen LogP contribution in [0.25, 0.3) is 11.1 Å². The van der Waals surface area contributed by atoms with E-state index in [1.807, 2.05) is 0 Å². The third kappa shape index (κ3) is 2.64. The molecule has 3 heterocycles. The van der Waals surface area contributed by atoms with Gasteiger partial charge in [-0.05, 0) is 19.1 Å². The number of imidazole rings is 1. The van der Waals surface area contributed by atoms with Gasteiger partial charge in [0, 0.05) is 47.5 Å². The highest BCUT2D eigenvalue weighted by atomic mass is 35.5. The number of halogens is 3. The van der Waals surface area contributed by atoms with E-state index in [1.165, 1.54) is 18.5 Å². The number of benzene rings is 1. The molecule has 5 nitrogen and oxygen atoms in total. The van der Waals surface area contributed by atoms with Gasteiger partial charge >= 0.3 is 0 Å². The first kappa shape index (κ1) is 16.7. The van der Waals surface area contributed by atoms with Crippen LogP contribution in [0.1, 0.15) is 18.3 Å². The van der Waals surface area contributed by atoms with Gasteiger partial charge < -0.3 is 10.3 Å². The van der Waals surface area contributed by atoms with Crippen molar-refractivity contribution >= 4 is 17.4 Å². The van der Waals surface area contributed by atoms with E-state index < -0.39 is 17.2 Å². The van der Waals surface area contributed by atoms with Gasteiger partial charge in [0.25, 0.3) is 0 Å². The molecule has 2 N–H and O–H groups in total. The number of hydrogen-bond acceptors (Lipinski definition) is 4. The van der Waals surface area contributed by atoms with Crippen LogP contribution in [0.4, 0.5) is 8.78 Å². The van der Waals surface area contributed by atoms with E-state index >= 15 is 0 Å². The lowest BCUT2D eigenvalue weighted by atomic mass is 9.88. The van der Waals surface area contributed by atoms with E-state index in [0.717, 1.165) is 6.07 Å². The van der Waals surface area contributed by atoms with Crippen LogP contribution in [0.5, 0.6) is 0 Å². The molecule has 3 aromatic rings. The van der Waals surface area contributed by atoms with E-state index in [9.17, 15) is 8.78 Å². The molecule has 0 radical (unpaired) electrons. The van der Waals surface area contributed by atoms with Crippen molar-refractivity contribution in [3.05, 3.63) is 71.0 Å². The first-order valence-electron chi connectivity index (χ1n) is 7.85. The van der Waals surface area contributed by atoms with Crippen LogP contribution in [-0.4, -0.2) is 20.4 Å². The molecule has 26 heavy (non-hydrogen) atoms.